The van der Waals surface area contributed by atoms with E-state index in [1.807, 2.05) is 13.8 Å². The van der Waals surface area contributed by atoms with Crippen molar-refractivity contribution in [2.75, 3.05) is 4.90 Å². The van der Waals surface area contributed by atoms with E-state index in [4.69, 9.17) is 0 Å². The summed E-state index contributed by atoms with van der Waals surface area (Å²) in [7, 11) is 0. The van der Waals surface area contributed by atoms with E-state index in [-0.39, 0.29) is 22.4 Å². The highest BCUT2D eigenvalue weighted by Crippen LogP contribution is 2.43. The van der Waals surface area contributed by atoms with Crippen LogP contribution >= 0.6 is 0 Å². The zero-order chi connectivity index (χ0) is 23.9. The van der Waals surface area contributed by atoms with Crippen molar-refractivity contribution < 1.29 is 24.0 Å². The standard InChI is InChI=1S/C25H19FN2O5/c1-14-10-11-17(12-15(14)2)27-22(19-8-3-4-9-20(19)26)21(24(30)25(27)31)23(29)16-6-5-7-18(13-16)28(32)33/h3-13,22,29H,1-2H3/b23-21+. The van der Waals surface area contributed by atoms with Crippen LogP contribution in [-0.2, 0) is 9.59 Å². The van der Waals surface area contributed by atoms with Crippen molar-refractivity contribution in [2.45, 2.75) is 19.9 Å². The summed E-state index contributed by atoms with van der Waals surface area (Å²) < 4.78 is 14.9. The molecule has 1 saturated heterocycles. The lowest BCUT2D eigenvalue weighted by molar-refractivity contribution is -0.384. The average Bonchev–Trinajstić information content (AvgIpc) is 3.06. The summed E-state index contributed by atoms with van der Waals surface area (Å²) in [6.07, 6.45) is 0. The fourth-order valence-electron chi connectivity index (χ4n) is 3.89. The minimum atomic E-state index is -1.26. The first-order valence-electron chi connectivity index (χ1n) is 10.1. The predicted molar refractivity (Wildman–Crippen MR) is 120 cm³/mol. The van der Waals surface area contributed by atoms with Crippen molar-refractivity contribution >= 4 is 28.8 Å². The van der Waals surface area contributed by atoms with Crippen molar-refractivity contribution in [3.05, 3.63) is 110 Å². The monoisotopic (exact) mass is 446 g/mol. The van der Waals surface area contributed by atoms with Crippen molar-refractivity contribution in [1.29, 1.82) is 0 Å². The largest absolute Gasteiger partial charge is 0.507 e. The zero-order valence-electron chi connectivity index (χ0n) is 17.8. The summed E-state index contributed by atoms with van der Waals surface area (Å²) in [6, 6.07) is 14.6. The number of hydrogen-bond donors (Lipinski definition) is 1. The summed E-state index contributed by atoms with van der Waals surface area (Å²) in [4.78, 5) is 37.9. The minimum Gasteiger partial charge on any atom is -0.507 e. The van der Waals surface area contributed by atoms with Crippen LogP contribution < -0.4 is 4.90 Å². The molecule has 7 nitrogen and oxygen atoms in total. The van der Waals surface area contributed by atoms with Gasteiger partial charge in [0.05, 0.1) is 16.5 Å². The van der Waals surface area contributed by atoms with Gasteiger partial charge in [0.15, 0.2) is 0 Å². The molecule has 1 aliphatic rings. The van der Waals surface area contributed by atoms with Gasteiger partial charge in [-0.1, -0.05) is 36.4 Å². The first kappa shape index (κ1) is 21.9. The molecule has 0 spiro atoms. The molecule has 0 saturated carbocycles. The maximum atomic E-state index is 14.9. The van der Waals surface area contributed by atoms with E-state index in [2.05, 4.69) is 0 Å². The Bertz CT molecular complexity index is 1350. The van der Waals surface area contributed by atoms with Crippen LogP contribution in [0.5, 0.6) is 0 Å². The number of benzene rings is 3. The van der Waals surface area contributed by atoms with Crippen molar-refractivity contribution in [2.24, 2.45) is 0 Å². The number of aliphatic hydroxyl groups excluding tert-OH is 1. The Morgan fingerprint density at radius 1 is 1.00 bits per heavy atom. The fraction of sp³-hybridized carbons (Fsp3) is 0.120. The Hall–Kier alpha value is -4.33. The summed E-state index contributed by atoms with van der Waals surface area (Å²) >= 11 is 0. The van der Waals surface area contributed by atoms with Crippen LogP contribution in [-0.4, -0.2) is 21.7 Å². The van der Waals surface area contributed by atoms with Crippen molar-refractivity contribution in [1.82, 2.24) is 0 Å². The second-order valence-corrected chi connectivity index (χ2v) is 7.77. The molecular weight excluding hydrogens is 427 g/mol. The number of Topliss-reactive ketones (excluding diaryl/α,β-unsaturated/α-hetero) is 1. The van der Waals surface area contributed by atoms with E-state index < -0.39 is 34.2 Å². The molecule has 3 aromatic rings. The Kier molecular flexibility index (Phi) is 5.51. The topological polar surface area (TPSA) is 101 Å². The molecule has 166 valence electrons. The molecule has 0 aliphatic carbocycles. The number of hydrogen-bond acceptors (Lipinski definition) is 5. The first-order chi connectivity index (χ1) is 15.7. The Balaban J connectivity index is 1.98. The van der Waals surface area contributed by atoms with Gasteiger partial charge in [0, 0.05) is 28.9 Å². The number of carbonyl (C=O) groups is 2. The third-order valence-electron chi connectivity index (χ3n) is 5.74. The van der Waals surface area contributed by atoms with Crippen LogP contribution in [0.2, 0.25) is 0 Å². The number of amides is 1. The second kappa shape index (κ2) is 8.31. The number of nitrogens with zero attached hydrogens (tertiary/aromatic N) is 2. The highest BCUT2D eigenvalue weighted by Gasteiger charge is 2.47. The van der Waals surface area contributed by atoms with Gasteiger partial charge in [-0.2, -0.15) is 0 Å². The molecule has 1 heterocycles. The van der Waals surface area contributed by atoms with Crippen LogP contribution in [0.15, 0.2) is 72.3 Å². The number of aryl methyl sites for hydroxylation is 2. The number of carbonyl (C=O) groups excluding carboxylic acids is 2. The van der Waals surface area contributed by atoms with Gasteiger partial charge in [-0.05, 0) is 43.2 Å². The SMILES string of the molecule is Cc1ccc(N2C(=O)C(=O)/C(=C(/O)c3cccc([N+](=O)[O-])c3)C2c2ccccc2F)cc1C. The number of anilines is 1. The average molecular weight is 446 g/mol. The molecule has 8 heteroatoms. The number of nitro benzene ring substituents is 1. The summed E-state index contributed by atoms with van der Waals surface area (Å²) in [5, 5.41) is 22.2. The summed E-state index contributed by atoms with van der Waals surface area (Å²) in [5.41, 5.74) is 1.54. The van der Waals surface area contributed by atoms with Crippen LogP contribution in [0.3, 0.4) is 0 Å². The molecule has 1 N–H and O–H groups in total. The van der Waals surface area contributed by atoms with Crippen LogP contribution in [0.4, 0.5) is 15.8 Å². The Morgan fingerprint density at radius 3 is 2.39 bits per heavy atom. The van der Waals surface area contributed by atoms with Crippen molar-refractivity contribution in [3.63, 3.8) is 0 Å². The first-order valence-corrected chi connectivity index (χ1v) is 10.1. The third-order valence-corrected chi connectivity index (χ3v) is 5.74. The van der Waals surface area contributed by atoms with Crippen molar-refractivity contribution in [3.8, 4) is 0 Å². The molecule has 1 aliphatic heterocycles. The maximum Gasteiger partial charge on any atom is 0.300 e. The molecular formula is C25H19FN2O5. The molecule has 4 rings (SSSR count). The van der Waals surface area contributed by atoms with Gasteiger partial charge in [-0.3, -0.25) is 24.6 Å². The van der Waals surface area contributed by atoms with E-state index in [1.54, 1.807) is 24.3 Å². The zero-order valence-corrected chi connectivity index (χ0v) is 17.8. The van der Waals surface area contributed by atoms with E-state index in [0.717, 1.165) is 22.1 Å². The lowest BCUT2D eigenvalue weighted by Gasteiger charge is -2.26. The highest BCUT2D eigenvalue weighted by molar-refractivity contribution is 6.51. The third kappa shape index (κ3) is 3.76. The molecule has 1 amide bonds. The summed E-state index contributed by atoms with van der Waals surface area (Å²) in [5.74, 6) is -3.22. The van der Waals surface area contributed by atoms with E-state index >= 15 is 0 Å². The molecule has 3 aromatic carbocycles. The number of halogens is 1. The van der Waals surface area contributed by atoms with E-state index in [1.165, 1.54) is 36.4 Å². The lowest BCUT2D eigenvalue weighted by Crippen LogP contribution is -2.30. The highest BCUT2D eigenvalue weighted by atomic mass is 19.1. The predicted octanol–water partition coefficient (Wildman–Crippen LogP) is 4.98. The number of nitro groups is 1. The maximum absolute atomic E-state index is 14.9. The quantitative estimate of drug-likeness (QED) is 0.200. The van der Waals surface area contributed by atoms with Gasteiger partial charge in [0.25, 0.3) is 17.4 Å². The number of rotatable bonds is 4. The van der Waals surface area contributed by atoms with Crippen LogP contribution in [0, 0.1) is 29.8 Å². The second-order valence-electron chi connectivity index (χ2n) is 7.77. The minimum absolute atomic E-state index is 0.0157. The van der Waals surface area contributed by atoms with Gasteiger partial charge in [-0.25, -0.2) is 4.39 Å². The van der Waals surface area contributed by atoms with Gasteiger partial charge < -0.3 is 5.11 Å². The molecule has 33 heavy (non-hydrogen) atoms. The van der Waals surface area contributed by atoms with E-state index in [0.29, 0.717) is 5.69 Å². The smallest absolute Gasteiger partial charge is 0.300 e. The molecule has 0 aromatic heterocycles. The van der Waals surface area contributed by atoms with Gasteiger partial charge in [0.1, 0.15) is 11.6 Å². The number of non-ortho nitro benzene ring substituents is 1. The molecule has 1 unspecified atom stereocenters. The van der Waals surface area contributed by atoms with Gasteiger partial charge in [-0.15, -0.1) is 0 Å². The number of aliphatic hydroxyl groups is 1. The number of ketones is 1. The molecule has 0 radical (unpaired) electrons. The van der Waals surface area contributed by atoms with Gasteiger partial charge >= 0.3 is 0 Å². The molecule has 1 atom stereocenters. The van der Waals surface area contributed by atoms with E-state index in [9.17, 15) is 29.2 Å². The summed E-state index contributed by atoms with van der Waals surface area (Å²) in [6.45, 7) is 3.74. The van der Waals surface area contributed by atoms with Crippen LogP contribution in [0.25, 0.3) is 5.76 Å². The Labute approximate surface area is 188 Å². The normalized spacial score (nSPS) is 17.4. The Morgan fingerprint density at radius 2 is 1.73 bits per heavy atom. The fourth-order valence-corrected chi connectivity index (χ4v) is 3.89. The van der Waals surface area contributed by atoms with Crippen LogP contribution in [0.1, 0.15) is 28.3 Å². The molecule has 0 bridgehead atoms. The lowest BCUT2D eigenvalue weighted by atomic mass is 9.94. The van der Waals surface area contributed by atoms with Gasteiger partial charge in [0.2, 0.25) is 0 Å². The molecule has 1 fully saturated rings.